The van der Waals surface area contributed by atoms with Crippen molar-refractivity contribution in [2.75, 3.05) is 6.61 Å². The zero-order chi connectivity index (χ0) is 17.6. The van der Waals surface area contributed by atoms with Crippen LogP contribution in [0.4, 0.5) is 0 Å². The number of carbonyl (C=O) groups excluding carboxylic acids is 1. The van der Waals surface area contributed by atoms with Crippen LogP contribution in [-0.2, 0) is 6.54 Å². The standard InChI is InChI=1S/C17H18N6O2/c1-10(2)23-17(19-9-20-23)13-8-22-5-6-25-14-4-3-11(15(18)24)7-12(14)16(22)21-13/h3-4,7-10H,5-6H2,1-2H3,(H2,18,24). The van der Waals surface area contributed by atoms with Gasteiger partial charge in [-0.25, -0.2) is 14.6 Å². The van der Waals surface area contributed by atoms with E-state index in [1.54, 1.807) is 18.2 Å². The summed E-state index contributed by atoms with van der Waals surface area (Å²) in [5.41, 5.74) is 7.32. The lowest BCUT2D eigenvalue weighted by Gasteiger charge is -2.08. The predicted octanol–water partition coefficient (Wildman–Crippen LogP) is 1.88. The van der Waals surface area contributed by atoms with Gasteiger partial charge >= 0.3 is 0 Å². The Hall–Kier alpha value is -3.16. The fourth-order valence-corrected chi connectivity index (χ4v) is 2.96. The third kappa shape index (κ3) is 2.55. The molecule has 0 saturated heterocycles. The van der Waals surface area contributed by atoms with Crippen LogP contribution in [0.25, 0.3) is 22.9 Å². The van der Waals surface area contributed by atoms with Gasteiger partial charge in [-0.2, -0.15) is 5.10 Å². The number of benzene rings is 1. The molecule has 2 aromatic heterocycles. The monoisotopic (exact) mass is 338 g/mol. The molecule has 0 bridgehead atoms. The van der Waals surface area contributed by atoms with E-state index < -0.39 is 5.91 Å². The SMILES string of the molecule is CC(C)n1ncnc1-c1cn2c(n1)-c1cc(C(N)=O)ccc1OCC2. The lowest BCUT2D eigenvalue weighted by Crippen LogP contribution is -2.11. The maximum absolute atomic E-state index is 11.5. The van der Waals surface area contributed by atoms with Gasteiger partial charge in [0.25, 0.3) is 0 Å². The van der Waals surface area contributed by atoms with Crippen molar-refractivity contribution >= 4 is 5.91 Å². The molecule has 3 aromatic rings. The van der Waals surface area contributed by atoms with Gasteiger partial charge in [0, 0.05) is 17.8 Å². The molecular formula is C17H18N6O2. The molecule has 4 rings (SSSR count). The first-order valence-electron chi connectivity index (χ1n) is 8.08. The van der Waals surface area contributed by atoms with Gasteiger partial charge in [-0.1, -0.05) is 0 Å². The highest BCUT2D eigenvalue weighted by Crippen LogP contribution is 2.34. The first kappa shape index (κ1) is 15.4. The number of nitrogens with zero attached hydrogens (tertiary/aromatic N) is 5. The zero-order valence-electron chi connectivity index (χ0n) is 14.0. The average molecular weight is 338 g/mol. The molecule has 8 nitrogen and oxygen atoms in total. The average Bonchev–Trinajstić information content (AvgIpc) is 3.18. The lowest BCUT2D eigenvalue weighted by atomic mass is 10.1. The van der Waals surface area contributed by atoms with Gasteiger partial charge in [0.2, 0.25) is 5.91 Å². The van der Waals surface area contributed by atoms with Crippen molar-refractivity contribution in [3.63, 3.8) is 0 Å². The lowest BCUT2D eigenvalue weighted by molar-refractivity contribution is 0.100. The Kier molecular flexibility index (Phi) is 3.52. The number of ether oxygens (including phenoxy) is 1. The Morgan fingerprint density at radius 1 is 1.32 bits per heavy atom. The molecule has 128 valence electrons. The van der Waals surface area contributed by atoms with E-state index in [-0.39, 0.29) is 6.04 Å². The van der Waals surface area contributed by atoms with Crippen LogP contribution in [0.15, 0.2) is 30.7 Å². The van der Waals surface area contributed by atoms with Gasteiger partial charge in [0.15, 0.2) is 5.82 Å². The molecule has 0 saturated carbocycles. The van der Waals surface area contributed by atoms with Gasteiger partial charge in [-0.15, -0.1) is 0 Å². The van der Waals surface area contributed by atoms with E-state index in [9.17, 15) is 4.79 Å². The smallest absolute Gasteiger partial charge is 0.248 e. The Balaban J connectivity index is 1.87. The van der Waals surface area contributed by atoms with Crippen molar-refractivity contribution < 1.29 is 9.53 Å². The number of hydrogen-bond acceptors (Lipinski definition) is 5. The van der Waals surface area contributed by atoms with E-state index in [1.807, 2.05) is 29.3 Å². The van der Waals surface area contributed by atoms with Crippen LogP contribution in [0, 0.1) is 0 Å². The van der Waals surface area contributed by atoms with Crippen LogP contribution in [-0.4, -0.2) is 36.8 Å². The highest BCUT2D eigenvalue weighted by Gasteiger charge is 2.22. The minimum atomic E-state index is -0.482. The second-order valence-electron chi connectivity index (χ2n) is 6.19. The van der Waals surface area contributed by atoms with Gasteiger partial charge in [-0.05, 0) is 32.0 Å². The fourth-order valence-electron chi connectivity index (χ4n) is 2.96. The van der Waals surface area contributed by atoms with Gasteiger partial charge in [0.05, 0.1) is 12.1 Å². The molecule has 0 atom stereocenters. The molecule has 0 radical (unpaired) electrons. The molecule has 0 fully saturated rings. The molecule has 0 spiro atoms. The molecule has 25 heavy (non-hydrogen) atoms. The molecular weight excluding hydrogens is 320 g/mol. The van der Waals surface area contributed by atoms with Crippen LogP contribution >= 0.6 is 0 Å². The van der Waals surface area contributed by atoms with Crippen molar-refractivity contribution in [3.05, 3.63) is 36.3 Å². The maximum Gasteiger partial charge on any atom is 0.248 e. The molecule has 3 heterocycles. The number of nitrogens with two attached hydrogens (primary N) is 1. The van der Waals surface area contributed by atoms with Gasteiger partial charge in [-0.3, -0.25) is 4.79 Å². The fraction of sp³-hybridized carbons (Fsp3) is 0.294. The Morgan fingerprint density at radius 3 is 2.92 bits per heavy atom. The first-order valence-corrected chi connectivity index (χ1v) is 8.08. The highest BCUT2D eigenvalue weighted by atomic mass is 16.5. The van der Waals surface area contributed by atoms with E-state index in [1.165, 1.54) is 6.33 Å². The van der Waals surface area contributed by atoms with Crippen LogP contribution in [0.2, 0.25) is 0 Å². The number of carbonyl (C=O) groups is 1. The molecule has 1 aromatic carbocycles. The Labute approximate surface area is 144 Å². The molecule has 1 aliphatic heterocycles. The quantitative estimate of drug-likeness (QED) is 0.786. The highest BCUT2D eigenvalue weighted by molar-refractivity contribution is 5.94. The van der Waals surface area contributed by atoms with Crippen molar-refractivity contribution in [1.82, 2.24) is 24.3 Å². The molecule has 0 aliphatic carbocycles. The van der Waals surface area contributed by atoms with Crippen molar-refractivity contribution in [1.29, 1.82) is 0 Å². The predicted molar refractivity (Wildman–Crippen MR) is 91.1 cm³/mol. The summed E-state index contributed by atoms with van der Waals surface area (Å²) in [6.07, 6.45) is 3.47. The van der Waals surface area contributed by atoms with Crippen LogP contribution in [0.1, 0.15) is 30.2 Å². The minimum absolute atomic E-state index is 0.177. The number of aromatic nitrogens is 5. The first-order chi connectivity index (χ1) is 12.0. The summed E-state index contributed by atoms with van der Waals surface area (Å²) < 4.78 is 9.61. The number of imidazole rings is 1. The van der Waals surface area contributed by atoms with E-state index in [4.69, 9.17) is 15.5 Å². The topological polar surface area (TPSA) is 101 Å². The second-order valence-corrected chi connectivity index (χ2v) is 6.19. The zero-order valence-corrected chi connectivity index (χ0v) is 14.0. The van der Waals surface area contributed by atoms with E-state index in [0.717, 1.165) is 17.1 Å². The van der Waals surface area contributed by atoms with Crippen LogP contribution < -0.4 is 10.5 Å². The number of primary amides is 1. The van der Waals surface area contributed by atoms with E-state index >= 15 is 0 Å². The van der Waals surface area contributed by atoms with E-state index in [0.29, 0.717) is 30.3 Å². The number of fused-ring (bicyclic) bond motifs is 3. The third-order valence-electron chi connectivity index (χ3n) is 4.16. The number of amides is 1. The van der Waals surface area contributed by atoms with Crippen LogP contribution in [0.5, 0.6) is 5.75 Å². The van der Waals surface area contributed by atoms with E-state index in [2.05, 4.69) is 10.1 Å². The van der Waals surface area contributed by atoms with Crippen molar-refractivity contribution in [2.24, 2.45) is 5.73 Å². The third-order valence-corrected chi connectivity index (χ3v) is 4.16. The molecule has 1 amide bonds. The van der Waals surface area contributed by atoms with Crippen molar-refractivity contribution in [3.8, 4) is 28.7 Å². The Morgan fingerprint density at radius 2 is 2.16 bits per heavy atom. The summed E-state index contributed by atoms with van der Waals surface area (Å²) in [4.78, 5) is 20.6. The summed E-state index contributed by atoms with van der Waals surface area (Å²) in [6.45, 7) is 5.25. The molecule has 2 N–H and O–H groups in total. The number of hydrogen-bond donors (Lipinski definition) is 1. The number of rotatable bonds is 3. The largest absolute Gasteiger partial charge is 0.491 e. The molecule has 1 aliphatic rings. The normalized spacial score (nSPS) is 13.1. The van der Waals surface area contributed by atoms with Crippen molar-refractivity contribution in [2.45, 2.75) is 26.4 Å². The Bertz CT molecular complexity index is 956. The van der Waals surface area contributed by atoms with Gasteiger partial charge in [0.1, 0.15) is 30.2 Å². The summed E-state index contributed by atoms with van der Waals surface area (Å²) in [7, 11) is 0. The summed E-state index contributed by atoms with van der Waals surface area (Å²) in [6, 6.07) is 5.32. The van der Waals surface area contributed by atoms with Gasteiger partial charge < -0.3 is 15.0 Å². The molecule has 0 unspecified atom stereocenters. The summed E-state index contributed by atoms with van der Waals surface area (Å²) in [5.74, 6) is 1.64. The summed E-state index contributed by atoms with van der Waals surface area (Å²) in [5, 5.41) is 4.27. The summed E-state index contributed by atoms with van der Waals surface area (Å²) >= 11 is 0. The molecule has 8 heteroatoms. The minimum Gasteiger partial charge on any atom is -0.491 e. The maximum atomic E-state index is 11.5. The second kappa shape index (κ2) is 5.73. The van der Waals surface area contributed by atoms with Crippen LogP contribution in [0.3, 0.4) is 0 Å².